The van der Waals surface area contributed by atoms with E-state index in [4.69, 9.17) is 16.0 Å². The average molecular weight is 289 g/mol. The van der Waals surface area contributed by atoms with Crippen LogP contribution in [0.4, 0.5) is 17.2 Å². The van der Waals surface area contributed by atoms with Gasteiger partial charge in [0.15, 0.2) is 5.82 Å². The summed E-state index contributed by atoms with van der Waals surface area (Å²) < 4.78 is 4.94. The van der Waals surface area contributed by atoms with Gasteiger partial charge in [0.25, 0.3) is 5.91 Å². The Balaban J connectivity index is 2.28. The number of nitrogens with two attached hydrogens (primary N) is 2. The highest BCUT2D eigenvalue weighted by atomic mass is 16.5. The molecule has 0 aliphatic rings. The Morgan fingerprint density at radius 3 is 2.62 bits per heavy atom. The minimum absolute atomic E-state index is 0.0154. The zero-order valence-corrected chi connectivity index (χ0v) is 11.3. The van der Waals surface area contributed by atoms with E-state index in [1.54, 1.807) is 31.2 Å². The standard InChI is InChI=1S/C13H15N5O3/c1-7-4-12(18-21-7)17-10-5-8(16-6-11(14)19)2-3-9(10)13(15)20/h2-5,16H,6H2,1H3,(H2,14,19)(H2,15,20)(H,17,18). The van der Waals surface area contributed by atoms with Crippen molar-refractivity contribution in [3.63, 3.8) is 0 Å². The fraction of sp³-hybridized carbons (Fsp3) is 0.154. The molecule has 0 unspecified atom stereocenters. The van der Waals surface area contributed by atoms with Gasteiger partial charge in [0.1, 0.15) is 5.76 Å². The zero-order valence-electron chi connectivity index (χ0n) is 11.3. The molecule has 0 atom stereocenters. The van der Waals surface area contributed by atoms with Gasteiger partial charge in [0, 0.05) is 11.8 Å². The number of rotatable bonds is 6. The maximum Gasteiger partial charge on any atom is 0.250 e. The van der Waals surface area contributed by atoms with Gasteiger partial charge in [-0.25, -0.2) is 0 Å². The Morgan fingerprint density at radius 2 is 2.05 bits per heavy atom. The van der Waals surface area contributed by atoms with Gasteiger partial charge in [0.05, 0.1) is 17.8 Å². The van der Waals surface area contributed by atoms with E-state index < -0.39 is 11.8 Å². The van der Waals surface area contributed by atoms with E-state index >= 15 is 0 Å². The maximum absolute atomic E-state index is 11.4. The topological polar surface area (TPSA) is 136 Å². The Hall–Kier alpha value is -3.03. The smallest absolute Gasteiger partial charge is 0.250 e. The number of aryl methyl sites for hydroxylation is 1. The molecule has 0 aliphatic heterocycles. The molecule has 0 bridgehead atoms. The Bertz CT molecular complexity index is 680. The molecule has 0 aliphatic carbocycles. The second kappa shape index (κ2) is 5.95. The summed E-state index contributed by atoms with van der Waals surface area (Å²) in [6.45, 7) is 1.73. The molecule has 21 heavy (non-hydrogen) atoms. The van der Waals surface area contributed by atoms with E-state index in [0.717, 1.165) is 0 Å². The quantitative estimate of drug-likeness (QED) is 0.618. The Kier molecular flexibility index (Phi) is 4.07. The van der Waals surface area contributed by atoms with E-state index in [-0.39, 0.29) is 6.54 Å². The summed E-state index contributed by atoms with van der Waals surface area (Å²) in [5, 5.41) is 9.55. The van der Waals surface area contributed by atoms with Gasteiger partial charge in [0.2, 0.25) is 5.91 Å². The van der Waals surface area contributed by atoms with Crippen molar-refractivity contribution < 1.29 is 14.1 Å². The fourth-order valence-electron chi connectivity index (χ4n) is 1.72. The SMILES string of the molecule is Cc1cc(Nc2cc(NCC(N)=O)ccc2C(N)=O)no1. The molecule has 0 spiro atoms. The van der Waals surface area contributed by atoms with Crippen LogP contribution in [0.15, 0.2) is 28.8 Å². The molecule has 1 heterocycles. The third-order valence-corrected chi connectivity index (χ3v) is 2.64. The van der Waals surface area contributed by atoms with Gasteiger partial charge in [-0.2, -0.15) is 0 Å². The molecule has 0 saturated heterocycles. The van der Waals surface area contributed by atoms with Gasteiger partial charge in [-0.15, -0.1) is 0 Å². The van der Waals surface area contributed by atoms with Crippen LogP contribution in [0, 0.1) is 6.92 Å². The summed E-state index contributed by atoms with van der Waals surface area (Å²) in [6.07, 6.45) is 0. The monoisotopic (exact) mass is 289 g/mol. The van der Waals surface area contributed by atoms with Crippen molar-refractivity contribution in [2.45, 2.75) is 6.92 Å². The number of carbonyl (C=O) groups is 2. The van der Waals surface area contributed by atoms with Crippen LogP contribution in [-0.2, 0) is 4.79 Å². The number of hydrogen-bond acceptors (Lipinski definition) is 6. The fourth-order valence-corrected chi connectivity index (χ4v) is 1.72. The predicted molar refractivity (Wildman–Crippen MR) is 77.2 cm³/mol. The highest BCUT2D eigenvalue weighted by Gasteiger charge is 2.11. The number of anilines is 3. The molecule has 0 fully saturated rings. The van der Waals surface area contributed by atoms with Crippen molar-refractivity contribution in [3.05, 3.63) is 35.6 Å². The molecule has 2 aromatic rings. The van der Waals surface area contributed by atoms with Crippen LogP contribution in [-0.4, -0.2) is 23.5 Å². The van der Waals surface area contributed by atoms with E-state index in [9.17, 15) is 9.59 Å². The Morgan fingerprint density at radius 1 is 1.29 bits per heavy atom. The summed E-state index contributed by atoms with van der Waals surface area (Å²) in [5.41, 5.74) is 11.8. The van der Waals surface area contributed by atoms with Crippen molar-refractivity contribution in [1.29, 1.82) is 0 Å². The number of carbonyl (C=O) groups excluding carboxylic acids is 2. The summed E-state index contributed by atoms with van der Waals surface area (Å²) in [6, 6.07) is 6.48. The van der Waals surface area contributed by atoms with Crippen LogP contribution in [0.3, 0.4) is 0 Å². The highest BCUT2D eigenvalue weighted by Crippen LogP contribution is 2.24. The molecule has 110 valence electrons. The average Bonchev–Trinajstić information content (AvgIpc) is 2.81. The molecule has 8 nitrogen and oxygen atoms in total. The van der Waals surface area contributed by atoms with E-state index in [0.29, 0.717) is 28.5 Å². The number of nitrogens with zero attached hydrogens (tertiary/aromatic N) is 1. The van der Waals surface area contributed by atoms with Crippen LogP contribution in [0.5, 0.6) is 0 Å². The molecule has 2 amide bonds. The first-order chi connectivity index (χ1) is 9.95. The number of hydrogen-bond donors (Lipinski definition) is 4. The maximum atomic E-state index is 11.4. The van der Waals surface area contributed by atoms with Gasteiger partial charge in [-0.1, -0.05) is 5.16 Å². The Labute approximate surface area is 120 Å². The predicted octanol–water partition coefficient (Wildman–Crippen LogP) is 0.723. The van der Waals surface area contributed by atoms with Crippen LogP contribution >= 0.6 is 0 Å². The molecular formula is C13H15N5O3. The van der Waals surface area contributed by atoms with Crippen LogP contribution in [0.2, 0.25) is 0 Å². The van der Waals surface area contributed by atoms with E-state index in [1.807, 2.05) is 0 Å². The van der Waals surface area contributed by atoms with Gasteiger partial charge in [-0.05, 0) is 25.1 Å². The highest BCUT2D eigenvalue weighted by molar-refractivity contribution is 6.00. The number of nitrogens with one attached hydrogen (secondary N) is 2. The first-order valence-corrected chi connectivity index (χ1v) is 6.12. The van der Waals surface area contributed by atoms with Gasteiger partial charge >= 0.3 is 0 Å². The first kappa shape index (κ1) is 14.4. The molecular weight excluding hydrogens is 274 g/mol. The lowest BCUT2D eigenvalue weighted by molar-refractivity contribution is -0.116. The second-order valence-corrected chi connectivity index (χ2v) is 4.39. The van der Waals surface area contributed by atoms with E-state index in [1.165, 1.54) is 0 Å². The van der Waals surface area contributed by atoms with Crippen LogP contribution in [0.25, 0.3) is 0 Å². The molecule has 1 aromatic carbocycles. The lowest BCUT2D eigenvalue weighted by atomic mass is 10.1. The van der Waals surface area contributed by atoms with Crippen LogP contribution in [0.1, 0.15) is 16.1 Å². The van der Waals surface area contributed by atoms with Crippen molar-refractivity contribution in [1.82, 2.24) is 5.16 Å². The normalized spacial score (nSPS) is 10.1. The minimum atomic E-state index is -0.584. The van der Waals surface area contributed by atoms with E-state index in [2.05, 4.69) is 15.8 Å². The molecule has 1 aromatic heterocycles. The number of aromatic nitrogens is 1. The third kappa shape index (κ3) is 3.72. The number of primary amides is 2. The van der Waals surface area contributed by atoms with Crippen molar-refractivity contribution >= 4 is 29.0 Å². The van der Waals surface area contributed by atoms with Crippen molar-refractivity contribution in [3.8, 4) is 0 Å². The lowest BCUT2D eigenvalue weighted by Gasteiger charge is -2.11. The first-order valence-electron chi connectivity index (χ1n) is 6.12. The zero-order chi connectivity index (χ0) is 15.4. The number of amides is 2. The molecule has 0 saturated carbocycles. The molecule has 0 radical (unpaired) electrons. The summed E-state index contributed by atoms with van der Waals surface area (Å²) in [5.74, 6) is -0.00188. The summed E-state index contributed by atoms with van der Waals surface area (Å²) in [4.78, 5) is 22.2. The molecule has 8 heteroatoms. The van der Waals surface area contributed by atoms with Crippen molar-refractivity contribution in [2.75, 3.05) is 17.2 Å². The van der Waals surface area contributed by atoms with Gasteiger partial charge < -0.3 is 26.6 Å². The third-order valence-electron chi connectivity index (χ3n) is 2.64. The molecule has 6 N–H and O–H groups in total. The molecule has 2 rings (SSSR count). The largest absolute Gasteiger partial charge is 0.376 e. The number of benzene rings is 1. The second-order valence-electron chi connectivity index (χ2n) is 4.39. The summed E-state index contributed by atoms with van der Waals surface area (Å²) in [7, 11) is 0. The summed E-state index contributed by atoms with van der Waals surface area (Å²) >= 11 is 0. The van der Waals surface area contributed by atoms with Crippen LogP contribution < -0.4 is 22.1 Å². The lowest BCUT2D eigenvalue weighted by Crippen LogP contribution is -2.22. The van der Waals surface area contributed by atoms with Crippen molar-refractivity contribution in [2.24, 2.45) is 11.5 Å². The van der Waals surface area contributed by atoms with Gasteiger partial charge in [-0.3, -0.25) is 9.59 Å². The minimum Gasteiger partial charge on any atom is -0.376 e.